The summed E-state index contributed by atoms with van der Waals surface area (Å²) in [6.45, 7) is 7.01. The first-order valence-corrected chi connectivity index (χ1v) is 6.93. The topological polar surface area (TPSA) is 62.7 Å². The molecule has 0 bridgehead atoms. The van der Waals surface area contributed by atoms with Gasteiger partial charge in [-0.25, -0.2) is 0 Å². The fourth-order valence-electron chi connectivity index (χ4n) is 1.69. The Labute approximate surface area is 119 Å². The number of hydrogen-bond donors (Lipinski definition) is 2. The predicted molar refractivity (Wildman–Crippen MR) is 81.7 cm³/mol. The first kappa shape index (κ1) is 14.2. The van der Waals surface area contributed by atoms with Crippen molar-refractivity contribution in [1.29, 1.82) is 0 Å². The van der Waals surface area contributed by atoms with Crippen molar-refractivity contribution in [1.82, 2.24) is 15.2 Å². The van der Waals surface area contributed by atoms with Crippen molar-refractivity contribution in [3.63, 3.8) is 0 Å². The van der Waals surface area contributed by atoms with Crippen LogP contribution >= 0.6 is 0 Å². The Morgan fingerprint density at radius 3 is 2.65 bits per heavy atom. The summed E-state index contributed by atoms with van der Waals surface area (Å²) in [4.78, 5) is 4.40. The molecule has 0 saturated carbocycles. The average molecular weight is 271 g/mol. The first-order valence-electron chi connectivity index (χ1n) is 6.93. The molecule has 2 aromatic rings. The van der Waals surface area contributed by atoms with Crippen LogP contribution in [0, 0.1) is 6.92 Å². The number of rotatable bonds is 6. The van der Waals surface area contributed by atoms with Gasteiger partial charge in [0.25, 0.3) is 0 Å². The van der Waals surface area contributed by atoms with Crippen molar-refractivity contribution in [2.45, 2.75) is 39.8 Å². The zero-order chi connectivity index (χ0) is 14.4. The predicted octanol–water partition coefficient (Wildman–Crippen LogP) is 3.00. The lowest BCUT2D eigenvalue weighted by molar-refractivity contribution is 0.755. The molecule has 0 aliphatic carbocycles. The van der Waals surface area contributed by atoms with E-state index in [2.05, 4.69) is 70.9 Å². The van der Waals surface area contributed by atoms with Gasteiger partial charge >= 0.3 is 0 Å². The van der Waals surface area contributed by atoms with Gasteiger partial charge < -0.3 is 10.6 Å². The minimum atomic E-state index is 0.372. The van der Waals surface area contributed by atoms with Crippen LogP contribution < -0.4 is 10.6 Å². The molecule has 0 spiro atoms. The summed E-state index contributed by atoms with van der Waals surface area (Å²) in [5, 5.41) is 14.4. The third kappa shape index (κ3) is 4.19. The van der Waals surface area contributed by atoms with Gasteiger partial charge in [0.2, 0.25) is 5.95 Å². The first-order chi connectivity index (χ1) is 9.67. The van der Waals surface area contributed by atoms with Crippen LogP contribution in [0.25, 0.3) is 0 Å². The quantitative estimate of drug-likeness (QED) is 0.845. The second-order valence-electron chi connectivity index (χ2n) is 4.96. The number of hydrogen-bond acceptors (Lipinski definition) is 5. The van der Waals surface area contributed by atoms with Crippen molar-refractivity contribution in [3.8, 4) is 0 Å². The standard InChI is InChI=1S/C15H21N5/c1-4-12(3)18-14-10-17-20-15(19-14)16-9-13-7-5-11(2)6-8-13/h5-8,10,12H,4,9H2,1-3H3,(H2,16,18,19,20). The molecule has 106 valence electrons. The highest BCUT2D eigenvalue weighted by atomic mass is 15.3. The summed E-state index contributed by atoms with van der Waals surface area (Å²) in [5.74, 6) is 1.29. The van der Waals surface area contributed by atoms with Gasteiger partial charge in [0.05, 0.1) is 6.20 Å². The molecule has 0 aliphatic rings. The molecule has 0 saturated heterocycles. The summed E-state index contributed by atoms with van der Waals surface area (Å²) in [6, 6.07) is 8.75. The van der Waals surface area contributed by atoms with E-state index in [0.29, 0.717) is 18.5 Å². The van der Waals surface area contributed by atoms with E-state index < -0.39 is 0 Å². The Hall–Kier alpha value is -2.17. The van der Waals surface area contributed by atoms with Gasteiger partial charge in [-0.3, -0.25) is 0 Å². The molecule has 0 radical (unpaired) electrons. The van der Waals surface area contributed by atoms with E-state index >= 15 is 0 Å². The zero-order valence-electron chi connectivity index (χ0n) is 12.2. The molecular weight excluding hydrogens is 250 g/mol. The van der Waals surface area contributed by atoms with Crippen molar-refractivity contribution in [2.24, 2.45) is 0 Å². The maximum atomic E-state index is 4.40. The molecule has 0 fully saturated rings. The van der Waals surface area contributed by atoms with E-state index in [1.165, 1.54) is 11.1 Å². The summed E-state index contributed by atoms with van der Waals surface area (Å²) < 4.78 is 0. The largest absolute Gasteiger partial charge is 0.366 e. The van der Waals surface area contributed by atoms with E-state index in [0.717, 1.165) is 12.2 Å². The molecule has 5 nitrogen and oxygen atoms in total. The number of nitrogens with zero attached hydrogens (tertiary/aromatic N) is 3. The number of nitrogens with one attached hydrogen (secondary N) is 2. The Morgan fingerprint density at radius 2 is 1.95 bits per heavy atom. The lowest BCUT2D eigenvalue weighted by Crippen LogP contribution is -2.16. The normalized spacial score (nSPS) is 11.9. The second kappa shape index (κ2) is 6.84. The average Bonchev–Trinajstić information content (AvgIpc) is 2.47. The summed E-state index contributed by atoms with van der Waals surface area (Å²) in [7, 11) is 0. The maximum Gasteiger partial charge on any atom is 0.244 e. The van der Waals surface area contributed by atoms with Gasteiger partial charge in [-0.2, -0.15) is 10.1 Å². The molecule has 1 aromatic heterocycles. The lowest BCUT2D eigenvalue weighted by Gasteiger charge is -2.12. The van der Waals surface area contributed by atoms with Gasteiger partial charge in [-0.1, -0.05) is 36.8 Å². The minimum absolute atomic E-state index is 0.372. The molecule has 20 heavy (non-hydrogen) atoms. The molecule has 2 rings (SSSR count). The van der Waals surface area contributed by atoms with E-state index in [4.69, 9.17) is 0 Å². The zero-order valence-corrected chi connectivity index (χ0v) is 12.2. The smallest absolute Gasteiger partial charge is 0.244 e. The van der Waals surface area contributed by atoms with Gasteiger partial charge in [0.1, 0.15) is 0 Å². The van der Waals surface area contributed by atoms with Gasteiger partial charge in [0, 0.05) is 12.6 Å². The highest BCUT2D eigenvalue weighted by Gasteiger charge is 2.03. The van der Waals surface area contributed by atoms with E-state index in [1.807, 2.05) is 0 Å². The van der Waals surface area contributed by atoms with Crippen LogP contribution in [-0.4, -0.2) is 21.2 Å². The van der Waals surface area contributed by atoms with Gasteiger partial charge in [-0.05, 0) is 25.8 Å². The number of aromatic nitrogens is 3. The van der Waals surface area contributed by atoms with Crippen LogP contribution in [0.4, 0.5) is 11.8 Å². The SMILES string of the molecule is CCC(C)Nc1cnnc(NCc2ccc(C)cc2)n1. The summed E-state index contributed by atoms with van der Waals surface area (Å²) in [6.07, 6.45) is 2.68. The highest BCUT2D eigenvalue weighted by molar-refractivity contribution is 5.38. The molecule has 1 unspecified atom stereocenters. The third-order valence-electron chi connectivity index (χ3n) is 3.14. The third-order valence-corrected chi connectivity index (χ3v) is 3.14. The lowest BCUT2D eigenvalue weighted by atomic mass is 10.1. The molecule has 0 amide bonds. The molecular formula is C15H21N5. The fraction of sp³-hybridized carbons (Fsp3) is 0.400. The van der Waals surface area contributed by atoms with Gasteiger partial charge in [-0.15, -0.1) is 5.10 Å². The van der Waals surface area contributed by atoms with Crippen molar-refractivity contribution >= 4 is 11.8 Å². The Morgan fingerprint density at radius 1 is 1.20 bits per heavy atom. The number of anilines is 2. The van der Waals surface area contributed by atoms with E-state index in [-0.39, 0.29) is 0 Å². The molecule has 2 N–H and O–H groups in total. The number of aryl methyl sites for hydroxylation is 1. The van der Waals surface area contributed by atoms with Crippen LogP contribution in [0.1, 0.15) is 31.4 Å². The molecule has 5 heteroatoms. The Balaban J connectivity index is 1.95. The van der Waals surface area contributed by atoms with Crippen molar-refractivity contribution in [3.05, 3.63) is 41.6 Å². The van der Waals surface area contributed by atoms with Crippen LogP contribution in [0.2, 0.25) is 0 Å². The number of benzene rings is 1. The van der Waals surface area contributed by atoms with Crippen molar-refractivity contribution in [2.75, 3.05) is 10.6 Å². The van der Waals surface area contributed by atoms with E-state index in [1.54, 1.807) is 6.20 Å². The second-order valence-corrected chi connectivity index (χ2v) is 4.96. The molecule has 0 aliphatic heterocycles. The molecule has 1 aromatic carbocycles. The van der Waals surface area contributed by atoms with Crippen LogP contribution in [0.15, 0.2) is 30.5 Å². The molecule has 1 atom stereocenters. The Bertz CT molecular complexity index is 538. The van der Waals surface area contributed by atoms with Gasteiger partial charge in [0.15, 0.2) is 5.82 Å². The van der Waals surface area contributed by atoms with Crippen LogP contribution in [0.3, 0.4) is 0 Å². The van der Waals surface area contributed by atoms with Crippen molar-refractivity contribution < 1.29 is 0 Å². The minimum Gasteiger partial charge on any atom is -0.366 e. The Kier molecular flexibility index (Phi) is 4.87. The fourth-order valence-corrected chi connectivity index (χ4v) is 1.69. The summed E-state index contributed by atoms with van der Waals surface area (Å²) >= 11 is 0. The van der Waals surface area contributed by atoms with Crippen LogP contribution in [-0.2, 0) is 6.54 Å². The van der Waals surface area contributed by atoms with Crippen LogP contribution in [0.5, 0.6) is 0 Å². The van der Waals surface area contributed by atoms with E-state index in [9.17, 15) is 0 Å². The monoisotopic (exact) mass is 271 g/mol. The summed E-state index contributed by atoms with van der Waals surface area (Å²) in [5.41, 5.74) is 2.45. The highest BCUT2D eigenvalue weighted by Crippen LogP contribution is 2.09. The molecule has 1 heterocycles. The maximum absolute atomic E-state index is 4.40.